The highest BCUT2D eigenvalue weighted by atomic mass is 35.5. The molecule has 0 bridgehead atoms. The van der Waals surface area contributed by atoms with Crippen LogP contribution in [0.3, 0.4) is 0 Å². The maximum Gasteiger partial charge on any atom is 0.349 e. The molecule has 1 aliphatic rings. The van der Waals surface area contributed by atoms with Crippen LogP contribution in [0.2, 0.25) is 0 Å². The summed E-state index contributed by atoms with van der Waals surface area (Å²) in [5.41, 5.74) is 1.36. The largest absolute Gasteiger partial charge is 0.465 e. The van der Waals surface area contributed by atoms with Crippen molar-refractivity contribution in [1.29, 1.82) is 0 Å². The molecule has 2 aromatic heterocycles. The third kappa shape index (κ3) is 3.77. The van der Waals surface area contributed by atoms with Crippen LogP contribution in [0.1, 0.15) is 26.8 Å². The Labute approximate surface area is 162 Å². The third-order valence-electron chi connectivity index (χ3n) is 4.12. The molecule has 1 atom stereocenters. The van der Waals surface area contributed by atoms with Crippen molar-refractivity contribution >= 4 is 39.7 Å². The molecular formula is C16H20ClN3O4S2. The molecule has 0 aromatic carbocycles. The van der Waals surface area contributed by atoms with Crippen molar-refractivity contribution in [3.63, 3.8) is 0 Å². The van der Waals surface area contributed by atoms with Gasteiger partial charge in [-0.2, -0.15) is 4.31 Å². The van der Waals surface area contributed by atoms with Gasteiger partial charge in [0.15, 0.2) is 0 Å². The molecule has 1 saturated heterocycles. The molecular weight excluding hydrogens is 398 g/mol. The predicted octanol–water partition coefficient (Wildman–Crippen LogP) is 2.00. The number of piperazine rings is 1. The monoisotopic (exact) mass is 417 g/mol. The molecule has 0 radical (unpaired) electrons. The number of ether oxygens (including phenoxy) is 1. The molecule has 1 N–H and O–H groups in total. The number of thiophene rings is 1. The van der Waals surface area contributed by atoms with Crippen LogP contribution in [0.5, 0.6) is 0 Å². The average Bonchev–Trinajstić information content (AvgIpc) is 3.04. The fourth-order valence-corrected chi connectivity index (χ4v) is 6.21. The smallest absolute Gasteiger partial charge is 0.349 e. The molecule has 7 nitrogen and oxygen atoms in total. The summed E-state index contributed by atoms with van der Waals surface area (Å²) < 4.78 is 32.9. The van der Waals surface area contributed by atoms with E-state index in [-0.39, 0.29) is 28.2 Å². The van der Waals surface area contributed by atoms with Gasteiger partial charge in [-0.05, 0) is 29.5 Å². The second-order valence-corrected chi connectivity index (χ2v) is 8.40. The molecule has 0 amide bonds. The van der Waals surface area contributed by atoms with E-state index < -0.39 is 16.0 Å². The number of esters is 1. The molecule has 1 fully saturated rings. The lowest BCUT2D eigenvalue weighted by Crippen LogP contribution is -2.48. The van der Waals surface area contributed by atoms with Gasteiger partial charge in [0, 0.05) is 32.0 Å². The standard InChI is InChI=1S/C16H19N3O4S2.ClH/c1-11-10-24-14(16(20)23-2)15(11)25(21,22)19-7-6-18-9-13(19)12-4-3-5-17-8-12;/h3-5,8,10,13,18H,6-7,9H2,1-2H3;1H. The van der Waals surface area contributed by atoms with Gasteiger partial charge in [-0.15, -0.1) is 23.7 Å². The number of nitrogens with zero attached hydrogens (tertiary/aromatic N) is 2. The summed E-state index contributed by atoms with van der Waals surface area (Å²) in [4.78, 5) is 16.3. The van der Waals surface area contributed by atoms with Gasteiger partial charge in [0.05, 0.1) is 13.2 Å². The molecule has 26 heavy (non-hydrogen) atoms. The number of aromatic nitrogens is 1. The number of carbonyl (C=O) groups excluding carboxylic acids is 1. The molecule has 3 rings (SSSR count). The normalized spacial score (nSPS) is 18.2. The third-order valence-corrected chi connectivity index (χ3v) is 7.42. The van der Waals surface area contributed by atoms with Crippen molar-refractivity contribution in [1.82, 2.24) is 14.6 Å². The lowest BCUT2D eigenvalue weighted by molar-refractivity contribution is 0.0602. The maximum absolute atomic E-state index is 13.4. The van der Waals surface area contributed by atoms with Crippen LogP contribution >= 0.6 is 23.7 Å². The highest BCUT2D eigenvalue weighted by Gasteiger charge is 2.38. The van der Waals surface area contributed by atoms with E-state index in [0.717, 1.165) is 16.9 Å². The summed E-state index contributed by atoms with van der Waals surface area (Å²) in [6.07, 6.45) is 3.32. The van der Waals surface area contributed by atoms with E-state index in [1.54, 1.807) is 30.8 Å². The second-order valence-electron chi connectivity index (χ2n) is 5.69. The SMILES string of the molecule is COC(=O)c1scc(C)c1S(=O)(=O)N1CCNCC1c1cccnc1.Cl. The van der Waals surface area contributed by atoms with E-state index in [2.05, 4.69) is 10.3 Å². The number of hydrogen-bond acceptors (Lipinski definition) is 7. The highest BCUT2D eigenvalue weighted by Crippen LogP contribution is 2.34. The number of hydrogen-bond donors (Lipinski definition) is 1. The zero-order valence-electron chi connectivity index (χ0n) is 14.3. The van der Waals surface area contributed by atoms with Crippen molar-refractivity contribution in [3.05, 3.63) is 45.9 Å². The Morgan fingerprint density at radius 1 is 1.46 bits per heavy atom. The quantitative estimate of drug-likeness (QED) is 0.765. The van der Waals surface area contributed by atoms with Crippen molar-refractivity contribution in [2.75, 3.05) is 26.7 Å². The second kappa shape index (κ2) is 8.45. The van der Waals surface area contributed by atoms with Gasteiger partial charge in [0.1, 0.15) is 9.77 Å². The van der Waals surface area contributed by atoms with E-state index in [9.17, 15) is 13.2 Å². The number of carbonyl (C=O) groups is 1. The first-order valence-corrected chi connectivity index (χ1v) is 10.1. The molecule has 0 saturated carbocycles. The number of aryl methyl sites for hydroxylation is 1. The van der Waals surface area contributed by atoms with Crippen molar-refractivity contribution in [2.45, 2.75) is 17.9 Å². The van der Waals surface area contributed by atoms with Gasteiger partial charge < -0.3 is 10.1 Å². The molecule has 142 valence electrons. The number of methoxy groups -OCH3 is 1. The molecule has 1 aliphatic heterocycles. The summed E-state index contributed by atoms with van der Waals surface area (Å²) in [5.74, 6) is -0.635. The van der Waals surface area contributed by atoms with E-state index in [4.69, 9.17) is 4.74 Å². The summed E-state index contributed by atoms with van der Waals surface area (Å²) in [7, 11) is -2.61. The van der Waals surface area contributed by atoms with Gasteiger partial charge in [-0.1, -0.05) is 6.07 Å². The van der Waals surface area contributed by atoms with Crippen molar-refractivity contribution in [2.24, 2.45) is 0 Å². The number of nitrogens with one attached hydrogen (secondary N) is 1. The first kappa shape index (κ1) is 20.8. The lowest BCUT2D eigenvalue weighted by Gasteiger charge is -2.35. The number of pyridine rings is 1. The summed E-state index contributed by atoms with van der Waals surface area (Å²) in [6, 6.07) is 3.26. The summed E-state index contributed by atoms with van der Waals surface area (Å²) in [6.45, 7) is 3.04. The minimum Gasteiger partial charge on any atom is -0.465 e. The number of halogens is 1. The Balaban J connectivity index is 0.00000243. The summed E-state index contributed by atoms with van der Waals surface area (Å²) in [5, 5.41) is 4.89. The van der Waals surface area contributed by atoms with Gasteiger partial charge in [-0.25, -0.2) is 13.2 Å². The average molecular weight is 418 g/mol. The lowest BCUT2D eigenvalue weighted by atomic mass is 10.1. The Bertz CT molecular complexity index is 871. The van der Waals surface area contributed by atoms with Gasteiger partial charge >= 0.3 is 5.97 Å². The Kier molecular flexibility index (Phi) is 6.75. The number of rotatable bonds is 4. The van der Waals surface area contributed by atoms with E-state index >= 15 is 0 Å². The molecule has 0 aliphatic carbocycles. The minimum absolute atomic E-state index is 0. The first-order valence-electron chi connectivity index (χ1n) is 7.75. The zero-order valence-corrected chi connectivity index (χ0v) is 16.8. The van der Waals surface area contributed by atoms with E-state index in [1.807, 2.05) is 6.07 Å². The van der Waals surface area contributed by atoms with Crippen LogP contribution in [-0.4, -0.2) is 50.4 Å². The molecule has 2 aromatic rings. The zero-order chi connectivity index (χ0) is 18.0. The van der Waals surface area contributed by atoms with E-state index in [0.29, 0.717) is 25.2 Å². The fraction of sp³-hybridized carbons (Fsp3) is 0.375. The molecule has 10 heteroatoms. The van der Waals surface area contributed by atoms with Gasteiger partial charge in [-0.3, -0.25) is 4.98 Å². The Morgan fingerprint density at radius 3 is 2.88 bits per heavy atom. The Morgan fingerprint density at radius 2 is 2.23 bits per heavy atom. The minimum atomic E-state index is -3.86. The van der Waals surface area contributed by atoms with Crippen molar-refractivity contribution in [3.8, 4) is 0 Å². The topological polar surface area (TPSA) is 88.6 Å². The molecule has 3 heterocycles. The summed E-state index contributed by atoms with van der Waals surface area (Å²) >= 11 is 1.09. The molecule has 1 unspecified atom stereocenters. The van der Waals surface area contributed by atoms with Gasteiger partial charge in [0.25, 0.3) is 0 Å². The van der Waals surface area contributed by atoms with Crippen molar-refractivity contribution < 1.29 is 17.9 Å². The van der Waals surface area contributed by atoms with Crippen LogP contribution in [0.4, 0.5) is 0 Å². The van der Waals surface area contributed by atoms with Crippen LogP contribution in [0, 0.1) is 6.92 Å². The maximum atomic E-state index is 13.4. The van der Waals surface area contributed by atoms with Crippen LogP contribution in [0.15, 0.2) is 34.8 Å². The Hall–Kier alpha value is -1.52. The van der Waals surface area contributed by atoms with Crippen LogP contribution in [0.25, 0.3) is 0 Å². The fourth-order valence-electron chi connectivity index (χ4n) is 2.94. The van der Waals surface area contributed by atoms with E-state index in [1.165, 1.54) is 11.4 Å². The highest BCUT2D eigenvalue weighted by molar-refractivity contribution is 7.89. The van der Waals surface area contributed by atoms with Crippen LogP contribution < -0.4 is 5.32 Å². The number of sulfonamides is 1. The first-order chi connectivity index (χ1) is 12.0. The van der Waals surface area contributed by atoms with Crippen LogP contribution in [-0.2, 0) is 14.8 Å². The molecule has 0 spiro atoms. The van der Waals surface area contributed by atoms with Gasteiger partial charge in [0.2, 0.25) is 10.0 Å². The predicted molar refractivity (Wildman–Crippen MR) is 101 cm³/mol.